The van der Waals surface area contributed by atoms with Gasteiger partial charge in [-0.05, 0) is 31.4 Å². The maximum atomic E-state index is 12.9. The van der Waals surface area contributed by atoms with Crippen LogP contribution in [0.5, 0.6) is 0 Å². The zero-order valence-electron chi connectivity index (χ0n) is 15.4. The lowest BCUT2D eigenvalue weighted by molar-refractivity contribution is 0.0299. The summed E-state index contributed by atoms with van der Waals surface area (Å²) < 4.78 is 6.92. The highest BCUT2D eigenvalue weighted by molar-refractivity contribution is 5.93. The number of rotatable bonds is 3. The number of hydrogen-bond donors (Lipinski definition) is 1. The van der Waals surface area contributed by atoms with Crippen molar-refractivity contribution in [2.75, 3.05) is 32.8 Å². The first kappa shape index (κ1) is 17.7. The Morgan fingerprint density at radius 3 is 2.70 bits per heavy atom. The van der Waals surface area contributed by atoms with Gasteiger partial charge in [0.15, 0.2) is 0 Å². The summed E-state index contributed by atoms with van der Waals surface area (Å²) in [5.74, 6) is -0.185. The number of amides is 2. The third kappa shape index (κ3) is 3.59. The zero-order chi connectivity index (χ0) is 18.8. The van der Waals surface area contributed by atoms with Crippen molar-refractivity contribution >= 4 is 11.8 Å². The number of aryl methyl sites for hydroxylation is 1. The van der Waals surface area contributed by atoms with Crippen molar-refractivity contribution in [1.82, 2.24) is 29.8 Å². The summed E-state index contributed by atoms with van der Waals surface area (Å²) in [5, 5.41) is 11.4. The molecule has 2 aromatic rings. The van der Waals surface area contributed by atoms with Crippen LogP contribution in [0.15, 0.2) is 18.3 Å². The van der Waals surface area contributed by atoms with Crippen LogP contribution in [0.3, 0.4) is 0 Å². The summed E-state index contributed by atoms with van der Waals surface area (Å²) in [5.41, 5.74) is 1.63. The molecule has 4 heterocycles. The molecule has 2 aliphatic heterocycles. The number of nitrogens with zero attached hydrogens (tertiary/aromatic N) is 5. The Morgan fingerprint density at radius 1 is 1.15 bits per heavy atom. The fourth-order valence-electron chi connectivity index (χ4n) is 3.72. The Kier molecular flexibility index (Phi) is 4.93. The van der Waals surface area contributed by atoms with Crippen molar-refractivity contribution in [3.63, 3.8) is 0 Å². The van der Waals surface area contributed by atoms with E-state index in [1.807, 2.05) is 4.90 Å². The summed E-state index contributed by atoms with van der Waals surface area (Å²) in [6.07, 6.45) is 4.60. The van der Waals surface area contributed by atoms with Gasteiger partial charge in [0, 0.05) is 32.9 Å². The predicted octanol–water partition coefficient (Wildman–Crippen LogP) is 0.983. The van der Waals surface area contributed by atoms with E-state index >= 15 is 0 Å². The number of aromatic nitrogens is 4. The summed E-state index contributed by atoms with van der Waals surface area (Å²) >= 11 is 0. The van der Waals surface area contributed by atoms with Gasteiger partial charge in [0.05, 0.1) is 24.9 Å². The maximum absolute atomic E-state index is 12.9. The lowest BCUT2D eigenvalue weighted by Gasteiger charge is -2.34. The van der Waals surface area contributed by atoms with Crippen LogP contribution in [0, 0.1) is 0 Å². The van der Waals surface area contributed by atoms with E-state index in [1.165, 1.54) is 0 Å². The number of ether oxygens (including phenoxy) is 1. The molecule has 0 bridgehead atoms. The van der Waals surface area contributed by atoms with Crippen molar-refractivity contribution in [1.29, 1.82) is 0 Å². The molecule has 4 rings (SSSR count). The molecular formula is C18H24N6O3. The first-order valence-electron chi connectivity index (χ1n) is 9.36. The van der Waals surface area contributed by atoms with E-state index in [-0.39, 0.29) is 17.9 Å². The largest absolute Gasteiger partial charge is 0.378 e. The zero-order valence-corrected chi connectivity index (χ0v) is 15.4. The average molecular weight is 372 g/mol. The van der Waals surface area contributed by atoms with Crippen molar-refractivity contribution < 1.29 is 14.3 Å². The molecule has 0 spiro atoms. The Bertz CT molecular complexity index is 823. The van der Waals surface area contributed by atoms with Crippen LogP contribution in [-0.4, -0.2) is 74.4 Å². The van der Waals surface area contributed by atoms with E-state index in [1.54, 1.807) is 35.0 Å². The van der Waals surface area contributed by atoms with Gasteiger partial charge >= 0.3 is 0 Å². The minimum atomic E-state index is -0.119. The molecule has 2 fully saturated rings. The number of carbonyl (C=O) groups is 2. The molecule has 1 N–H and O–H groups in total. The van der Waals surface area contributed by atoms with Gasteiger partial charge < -0.3 is 14.5 Å². The monoisotopic (exact) mass is 372 g/mol. The highest BCUT2D eigenvalue weighted by Gasteiger charge is 2.32. The van der Waals surface area contributed by atoms with Crippen LogP contribution in [-0.2, 0) is 11.8 Å². The SMILES string of the molecule is Cn1ccc(C(=O)N2CCCCC2c2cc(C(=O)N3CCOCC3)n[nH]2)n1. The van der Waals surface area contributed by atoms with Gasteiger partial charge in [-0.15, -0.1) is 0 Å². The molecule has 1 unspecified atom stereocenters. The fraction of sp³-hybridized carbons (Fsp3) is 0.556. The van der Waals surface area contributed by atoms with Crippen molar-refractivity contribution in [2.24, 2.45) is 7.05 Å². The lowest BCUT2D eigenvalue weighted by atomic mass is 9.98. The smallest absolute Gasteiger partial charge is 0.274 e. The number of nitrogens with one attached hydrogen (secondary N) is 1. The number of hydrogen-bond acceptors (Lipinski definition) is 5. The van der Waals surface area contributed by atoms with E-state index in [9.17, 15) is 9.59 Å². The topological polar surface area (TPSA) is 96.4 Å². The molecule has 0 aromatic carbocycles. The third-order valence-corrected chi connectivity index (χ3v) is 5.17. The molecule has 2 saturated heterocycles. The molecule has 9 heteroatoms. The van der Waals surface area contributed by atoms with Crippen LogP contribution in [0.1, 0.15) is 52.0 Å². The van der Waals surface area contributed by atoms with E-state index < -0.39 is 0 Å². The van der Waals surface area contributed by atoms with Gasteiger partial charge in [0.2, 0.25) is 0 Å². The van der Waals surface area contributed by atoms with E-state index in [0.29, 0.717) is 44.2 Å². The van der Waals surface area contributed by atoms with Crippen LogP contribution >= 0.6 is 0 Å². The van der Waals surface area contributed by atoms with Crippen LogP contribution in [0.2, 0.25) is 0 Å². The van der Waals surface area contributed by atoms with Gasteiger partial charge in [0.25, 0.3) is 11.8 Å². The van der Waals surface area contributed by atoms with Gasteiger partial charge in [-0.2, -0.15) is 10.2 Å². The Morgan fingerprint density at radius 2 is 1.96 bits per heavy atom. The lowest BCUT2D eigenvalue weighted by Crippen LogP contribution is -2.40. The molecule has 1 atom stereocenters. The number of H-pyrrole nitrogens is 1. The van der Waals surface area contributed by atoms with Gasteiger partial charge in [-0.1, -0.05) is 0 Å². The minimum absolute atomic E-state index is 0.0871. The highest BCUT2D eigenvalue weighted by atomic mass is 16.5. The minimum Gasteiger partial charge on any atom is -0.378 e. The molecule has 27 heavy (non-hydrogen) atoms. The van der Waals surface area contributed by atoms with Crippen molar-refractivity contribution in [3.8, 4) is 0 Å². The second-order valence-electron chi connectivity index (χ2n) is 7.00. The van der Waals surface area contributed by atoms with Crippen molar-refractivity contribution in [3.05, 3.63) is 35.4 Å². The molecular weight excluding hydrogens is 348 g/mol. The molecule has 9 nitrogen and oxygen atoms in total. The van der Waals surface area contributed by atoms with E-state index in [2.05, 4.69) is 15.3 Å². The molecule has 0 aliphatic carbocycles. The first-order valence-corrected chi connectivity index (χ1v) is 9.36. The summed E-state index contributed by atoms with van der Waals surface area (Å²) in [6, 6.07) is 3.40. The Labute approximate surface area is 157 Å². The average Bonchev–Trinajstić information content (AvgIpc) is 3.37. The summed E-state index contributed by atoms with van der Waals surface area (Å²) in [6.45, 7) is 2.94. The van der Waals surface area contributed by atoms with E-state index in [4.69, 9.17) is 4.74 Å². The van der Waals surface area contributed by atoms with Gasteiger partial charge in [-0.3, -0.25) is 19.4 Å². The third-order valence-electron chi connectivity index (χ3n) is 5.17. The maximum Gasteiger partial charge on any atom is 0.274 e. The summed E-state index contributed by atoms with van der Waals surface area (Å²) in [4.78, 5) is 29.1. The molecule has 0 radical (unpaired) electrons. The quantitative estimate of drug-likeness (QED) is 0.866. The number of likely N-dealkylation sites (tertiary alicyclic amines) is 1. The molecule has 2 amide bonds. The molecule has 144 valence electrons. The van der Waals surface area contributed by atoms with Crippen LogP contribution in [0.25, 0.3) is 0 Å². The predicted molar refractivity (Wildman–Crippen MR) is 96.1 cm³/mol. The van der Waals surface area contributed by atoms with Crippen LogP contribution < -0.4 is 0 Å². The summed E-state index contributed by atoms with van der Waals surface area (Å²) in [7, 11) is 1.79. The number of morpholine rings is 1. The van der Waals surface area contributed by atoms with Crippen LogP contribution in [0.4, 0.5) is 0 Å². The molecule has 2 aromatic heterocycles. The Balaban J connectivity index is 1.53. The second kappa shape index (κ2) is 7.51. The molecule has 2 aliphatic rings. The second-order valence-corrected chi connectivity index (χ2v) is 7.00. The van der Waals surface area contributed by atoms with Gasteiger partial charge in [-0.25, -0.2) is 0 Å². The number of carbonyl (C=O) groups excluding carboxylic acids is 2. The number of piperidine rings is 1. The normalized spacial score (nSPS) is 20.7. The molecule has 0 saturated carbocycles. The fourth-order valence-corrected chi connectivity index (χ4v) is 3.72. The highest BCUT2D eigenvalue weighted by Crippen LogP contribution is 2.31. The standard InChI is InChI=1S/C18H24N6O3/c1-22-7-5-13(21-22)18(26)24-6-3-2-4-16(24)14-12-15(20-19-14)17(25)23-8-10-27-11-9-23/h5,7,12,16H,2-4,6,8-11H2,1H3,(H,19,20). The Hall–Kier alpha value is -2.68. The number of aromatic amines is 1. The van der Waals surface area contributed by atoms with E-state index in [0.717, 1.165) is 25.0 Å². The first-order chi connectivity index (χ1) is 13.1. The van der Waals surface area contributed by atoms with Gasteiger partial charge in [0.1, 0.15) is 11.4 Å². The van der Waals surface area contributed by atoms with Crippen molar-refractivity contribution in [2.45, 2.75) is 25.3 Å².